The third-order valence-electron chi connectivity index (χ3n) is 5.27. The zero-order valence-corrected chi connectivity index (χ0v) is 16.6. The largest absolute Gasteiger partial charge is 0.380 e. The highest BCUT2D eigenvalue weighted by molar-refractivity contribution is 5.95. The first-order valence-electron chi connectivity index (χ1n) is 9.89. The number of hydrogen-bond donors (Lipinski definition) is 1. The van der Waals surface area contributed by atoms with Crippen LogP contribution in [0.2, 0.25) is 0 Å². The first kappa shape index (κ1) is 18.9. The van der Waals surface area contributed by atoms with E-state index >= 15 is 0 Å². The highest BCUT2D eigenvalue weighted by Gasteiger charge is 2.23. The number of anilines is 2. The van der Waals surface area contributed by atoms with Gasteiger partial charge in [-0.2, -0.15) is 0 Å². The Labute approximate surface area is 171 Å². The molecule has 1 aliphatic rings. The molecule has 1 saturated heterocycles. The van der Waals surface area contributed by atoms with Crippen molar-refractivity contribution < 1.29 is 4.79 Å². The topological polar surface area (TPSA) is 61.4 Å². The summed E-state index contributed by atoms with van der Waals surface area (Å²) in [6.07, 6.45) is 5.20. The van der Waals surface area contributed by atoms with Gasteiger partial charge < -0.3 is 15.1 Å². The summed E-state index contributed by atoms with van der Waals surface area (Å²) < 4.78 is 0. The van der Waals surface area contributed by atoms with Crippen molar-refractivity contribution >= 4 is 17.4 Å². The average molecular weight is 387 g/mol. The van der Waals surface area contributed by atoms with Crippen molar-refractivity contribution in [1.82, 2.24) is 14.9 Å². The van der Waals surface area contributed by atoms with Crippen LogP contribution >= 0.6 is 0 Å². The molecule has 0 atom stereocenters. The quantitative estimate of drug-likeness (QED) is 0.727. The van der Waals surface area contributed by atoms with Crippen LogP contribution in [0.15, 0.2) is 67.1 Å². The maximum atomic E-state index is 12.9. The molecule has 0 bridgehead atoms. The van der Waals surface area contributed by atoms with Gasteiger partial charge in [0.05, 0.1) is 11.3 Å². The lowest BCUT2D eigenvalue weighted by Gasteiger charge is -2.35. The molecule has 2 aromatic heterocycles. The number of nitrogens with zero attached hydrogens (tertiary/aromatic N) is 4. The lowest BCUT2D eigenvalue weighted by atomic mass is 10.1. The van der Waals surface area contributed by atoms with E-state index in [0.717, 1.165) is 24.6 Å². The maximum absolute atomic E-state index is 12.9. The summed E-state index contributed by atoms with van der Waals surface area (Å²) in [7, 11) is 0. The van der Waals surface area contributed by atoms with Gasteiger partial charge >= 0.3 is 0 Å². The minimum atomic E-state index is 0.0257. The van der Waals surface area contributed by atoms with Crippen LogP contribution in [0, 0.1) is 6.92 Å². The lowest BCUT2D eigenvalue weighted by molar-refractivity contribution is 0.0746. The van der Waals surface area contributed by atoms with Crippen molar-refractivity contribution in [2.75, 3.05) is 36.4 Å². The van der Waals surface area contributed by atoms with Crippen LogP contribution in [0.3, 0.4) is 0 Å². The van der Waals surface area contributed by atoms with Gasteiger partial charge in [-0.15, -0.1) is 0 Å². The van der Waals surface area contributed by atoms with Crippen LogP contribution in [0.4, 0.5) is 11.5 Å². The molecule has 3 heterocycles. The second-order valence-corrected chi connectivity index (χ2v) is 7.21. The first-order chi connectivity index (χ1) is 14.2. The highest BCUT2D eigenvalue weighted by Crippen LogP contribution is 2.17. The van der Waals surface area contributed by atoms with E-state index in [-0.39, 0.29) is 5.91 Å². The lowest BCUT2D eigenvalue weighted by Crippen LogP contribution is -2.49. The monoisotopic (exact) mass is 387 g/mol. The normalized spacial score (nSPS) is 14.0. The van der Waals surface area contributed by atoms with Gasteiger partial charge in [-0.3, -0.25) is 9.78 Å². The van der Waals surface area contributed by atoms with E-state index in [1.54, 1.807) is 18.6 Å². The number of pyridine rings is 2. The van der Waals surface area contributed by atoms with Gasteiger partial charge in [0.25, 0.3) is 5.91 Å². The van der Waals surface area contributed by atoms with E-state index in [9.17, 15) is 4.79 Å². The molecular formula is C23H25N5O. The van der Waals surface area contributed by atoms with E-state index in [1.807, 2.05) is 41.3 Å². The number of hydrogen-bond acceptors (Lipinski definition) is 5. The van der Waals surface area contributed by atoms with Crippen LogP contribution in [0.5, 0.6) is 0 Å². The maximum Gasteiger partial charge on any atom is 0.255 e. The fourth-order valence-corrected chi connectivity index (χ4v) is 3.52. The SMILES string of the molecule is Cc1ccccc1CNc1cncc(C(=O)N2CCN(c3ccccn3)CC2)c1. The number of aromatic nitrogens is 2. The molecule has 148 valence electrons. The molecule has 0 unspecified atom stereocenters. The summed E-state index contributed by atoms with van der Waals surface area (Å²) in [4.78, 5) is 25.7. The molecule has 0 aliphatic carbocycles. The number of benzene rings is 1. The Morgan fingerprint density at radius 1 is 1.03 bits per heavy atom. The van der Waals surface area contributed by atoms with Gasteiger partial charge in [0.15, 0.2) is 0 Å². The summed E-state index contributed by atoms with van der Waals surface area (Å²) in [6, 6.07) is 16.1. The Morgan fingerprint density at radius 2 is 1.83 bits per heavy atom. The number of carbonyl (C=O) groups is 1. The number of rotatable bonds is 5. The van der Waals surface area contributed by atoms with Crippen LogP contribution in [-0.4, -0.2) is 47.0 Å². The van der Waals surface area contributed by atoms with Crippen molar-refractivity contribution in [2.45, 2.75) is 13.5 Å². The Balaban J connectivity index is 1.37. The highest BCUT2D eigenvalue weighted by atomic mass is 16.2. The van der Waals surface area contributed by atoms with Gasteiger partial charge in [-0.1, -0.05) is 30.3 Å². The summed E-state index contributed by atoms with van der Waals surface area (Å²) in [5, 5.41) is 3.38. The zero-order valence-electron chi connectivity index (χ0n) is 16.6. The van der Waals surface area contributed by atoms with E-state index in [0.29, 0.717) is 25.2 Å². The van der Waals surface area contributed by atoms with Gasteiger partial charge in [-0.25, -0.2) is 4.98 Å². The van der Waals surface area contributed by atoms with Crippen molar-refractivity contribution in [3.05, 3.63) is 83.8 Å². The molecule has 1 aromatic carbocycles. The molecule has 0 saturated carbocycles. The Bertz CT molecular complexity index is 968. The summed E-state index contributed by atoms with van der Waals surface area (Å²) in [5.74, 6) is 0.987. The van der Waals surface area contributed by atoms with E-state index in [2.05, 4.69) is 39.2 Å². The van der Waals surface area contributed by atoms with Gasteiger partial charge in [-0.05, 0) is 36.2 Å². The van der Waals surface area contributed by atoms with Crippen molar-refractivity contribution in [3.8, 4) is 0 Å². The van der Waals surface area contributed by atoms with Crippen LogP contribution in [0.25, 0.3) is 0 Å². The summed E-state index contributed by atoms with van der Waals surface area (Å²) >= 11 is 0. The number of aryl methyl sites for hydroxylation is 1. The first-order valence-corrected chi connectivity index (χ1v) is 9.89. The van der Waals surface area contributed by atoms with E-state index in [4.69, 9.17) is 0 Å². The second kappa shape index (κ2) is 8.73. The molecule has 6 nitrogen and oxygen atoms in total. The molecule has 3 aromatic rings. The van der Waals surface area contributed by atoms with Crippen LogP contribution < -0.4 is 10.2 Å². The Kier molecular flexibility index (Phi) is 5.70. The minimum Gasteiger partial charge on any atom is -0.380 e. The smallest absolute Gasteiger partial charge is 0.255 e. The van der Waals surface area contributed by atoms with Gasteiger partial charge in [0, 0.05) is 51.3 Å². The summed E-state index contributed by atoms with van der Waals surface area (Å²) in [6.45, 7) is 5.71. The Morgan fingerprint density at radius 3 is 2.59 bits per heavy atom. The third-order valence-corrected chi connectivity index (χ3v) is 5.27. The molecule has 4 rings (SSSR count). The number of piperazine rings is 1. The molecule has 6 heteroatoms. The van der Waals surface area contributed by atoms with Crippen molar-refractivity contribution in [3.63, 3.8) is 0 Å². The number of amides is 1. The number of nitrogens with one attached hydrogen (secondary N) is 1. The zero-order chi connectivity index (χ0) is 20.1. The third kappa shape index (κ3) is 4.54. The average Bonchev–Trinajstić information content (AvgIpc) is 2.79. The van der Waals surface area contributed by atoms with Crippen molar-refractivity contribution in [1.29, 1.82) is 0 Å². The van der Waals surface area contributed by atoms with E-state index in [1.165, 1.54) is 11.1 Å². The molecule has 0 radical (unpaired) electrons. The van der Waals surface area contributed by atoms with Gasteiger partial charge in [0.2, 0.25) is 0 Å². The van der Waals surface area contributed by atoms with E-state index < -0.39 is 0 Å². The standard InChI is InChI=1S/C23H25N5O/c1-18-6-2-3-7-19(18)16-26-21-14-20(15-24-17-21)23(29)28-12-10-27(11-13-28)22-8-4-5-9-25-22/h2-9,14-15,17,26H,10-13,16H2,1H3. The second-order valence-electron chi connectivity index (χ2n) is 7.21. The molecule has 0 spiro atoms. The van der Waals surface area contributed by atoms with Crippen LogP contribution in [-0.2, 0) is 6.54 Å². The molecule has 1 N–H and O–H groups in total. The van der Waals surface area contributed by atoms with Crippen molar-refractivity contribution in [2.24, 2.45) is 0 Å². The Hall–Kier alpha value is -3.41. The fourth-order valence-electron chi connectivity index (χ4n) is 3.52. The predicted octanol–water partition coefficient (Wildman–Crippen LogP) is 3.36. The fraction of sp³-hybridized carbons (Fsp3) is 0.261. The molecule has 29 heavy (non-hydrogen) atoms. The molecule has 1 aliphatic heterocycles. The molecule has 1 amide bonds. The molecular weight excluding hydrogens is 362 g/mol. The minimum absolute atomic E-state index is 0.0257. The summed E-state index contributed by atoms with van der Waals surface area (Å²) in [5.41, 5.74) is 3.94. The predicted molar refractivity (Wildman–Crippen MR) is 115 cm³/mol. The van der Waals surface area contributed by atoms with Gasteiger partial charge in [0.1, 0.15) is 5.82 Å². The van der Waals surface area contributed by atoms with Crippen LogP contribution in [0.1, 0.15) is 21.5 Å². The molecule has 1 fully saturated rings. The number of carbonyl (C=O) groups excluding carboxylic acids is 1.